The third kappa shape index (κ3) is 18.0. The molecule has 0 radical (unpaired) electrons. The van der Waals surface area contributed by atoms with Crippen molar-refractivity contribution >= 4 is 5.91 Å². The van der Waals surface area contributed by atoms with Gasteiger partial charge in [-0.1, -0.05) is 90.9 Å². The highest BCUT2D eigenvalue weighted by Crippen LogP contribution is 2.12. The van der Waals surface area contributed by atoms with E-state index >= 15 is 0 Å². The highest BCUT2D eigenvalue weighted by atomic mass is 16.3. The Bertz CT molecular complexity index is 279. The largest absolute Gasteiger partial charge is 0.395 e. The minimum Gasteiger partial charge on any atom is -0.395 e. The molecule has 150 valence electrons. The second kappa shape index (κ2) is 19.7. The van der Waals surface area contributed by atoms with Gasteiger partial charge in [-0.2, -0.15) is 0 Å². The van der Waals surface area contributed by atoms with E-state index in [1.807, 2.05) is 5.01 Å². The quantitative estimate of drug-likeness (QED) is 0.247. The number of hydrogen-bond acceptors (Lipinski definition) is 3. The van der Waals surface area contributed by atoms with Crippen LogP contribution >= 0.6 is 0 Å². The first kappa shape index (κ1) is 24.4. The van der Waals surface area contributed by atoms with Gasteiger partial charge in [0.2, 0.25) is 5.91 Å². The van der Waals surface area contributed by atoms with E-state index in [0.717, 1.165) is 25.8 Å². The summed E-state index contributed by atoms with van der Waals surface area (Å²) in [7, 11) is 0. The lowest BCUT2D eigenvalue weighted by Gasteiger charge is -2.21. The van der Waals surface area contributed by atoms with E-state index in [9.17, 15) is 4.79 Å². The number of unbranched alkanes of at least 4 members (excludes halogenated alkanes) is 12. The molecule has 0 bridgehead atoms. The van der Waals surface area contributed by atoms with Crippen molar-refractivity contribution in [3.05, 3.63) is 0 Å². The summed E-state index contributed by atoms with van der Waals surface area (Å²) in [4.78, 5) is 11.9. The Morgan fingerprint density at radius 2 is 1.20 bits per heavy atom. The lowest BCUT2D eigenvalue weighted by molar-refractivity contribution is -0.126. The first-order valence-corrected chi connectivity index (χ1v) is 10.9. The standard InChI is InChI=1S/C21H44N2O2/c1-3-5-6-7-8-9-10-11-12-13-14-15-16-17-21(25)22-23(18-4-2)19-20-24/h24H,3-20H2,1-2H3,(H,22,25). The van der Waals surface area contributed by atoms with Crippen molar-refractivity contribution in [1.82, 2.24) is 10.4 Å². The lowest BCUT2D eigenvalue weighted by atomic mass is 10.0. The molecule has 0 aliphatic rings. The average molecular weight is 357 g/mol. The maximum absolute atomic E-state index is 11.9. The molecule has 0 aromatic heterocycles. The summed E-state index contributed by atoms with van der Waals surface area (Å²) < 4.78 is 0. The summed E-state index contributed by atoms with van der Waals surface area (Å²) >= 11 is 0. The summed E-state index contributed by atoms with van der Waals surface area (Å²) in [6.07, 6.45) is 18.8. The molecule has 1 amide bonds. The molecule has 0 aliphatic heterocycles. The molecular weight excluding hydrogens is 312 g/mol. The van der Waals surface area contributed by atoms with Crippen LogP contribution in [0.5, 0.6) is 0 Å². The van der Waals surface area contributed by atoms with Gasteiger partial charge in [-0.15, -0.1) is 0 Å². The van der Waals surface area contributed by atoms with Gasteiger partial charge in [-0.25, -0.2) is 5.01 Å². The number of amides is 1. The molecule has 4 nitrogen and oxygen atoms in total. The monoisotopic (exact) mass is 356 g/mol. The number of carbonyl (C=O) groups excluding carboxylic acids is 1. The molecule has 25 heavy (non-hydrogen) atoms. The first-order valence-electron chi connectivity index (χ1n) is 10.9. The molecule has 0 rings (SSSR count). The third-order valence-electron chi connectivity index (χ3n) is 4.65. The van der Waals surface area contributed by atoms with Crippen molar-refractivity contribution < 1.29 is 9.90 Å². The summed E-state index contributed by atoms with van der Waals surface area (Å²) in [5.74, 6) is 0.0879. The van der Waals surface area contributed by atoms with Crippen LogP contribution < -0.4 is 5.43 Å². The van der Waals surface area contributed by atoms with Crippen molar-refractivity contribution in [1.29, 1.82) is 0 Å². The molecular formula is C21H44N2O2. The van der Waals surface area contributed by atoms with E-state index in [1.54, 1.807) is 0 Å². The predicted octanol–water partition coefficient (Wildman–Crippen LogP) is 5.20. The Morgan fingerprint density at radius 1 is 0.720 bits per heavy atom. The summed E-state index contributed by atoms with van der Waals surface area (Å²) in [5.41, 5.74) is 2.90. The maximum Gasteiger partial charge on any atom is 0.234 e. The second-order valence-corrected chi connectivity index (χ2v) is 7.24. The fourth-order valence-electron chi connectivity index (χ4n) is 3.15. The first-order chi connectivity index (χ1) is 12.2. The van der Waals surface area contributed by atoms with Crippen molar-refractivity contribution in [2.75, 3.05) is 19.7 Å². The van der Waals surface area contributed by atoms with Gasteiger partial charge in [0, 0.05) is 19.5 Å². The Balaban J connectivity index is 3.33. The van der Waals surface area contributed by atoms with Crippen LogP contribution in [0.15, 0.2) is 0 Å². The van der Waals surface area contributed by atoms with Gasteiger partial charge in [0.1, 0.15) is 0 Å². The number of hydrogen-bond donors (Lipinski definition) is 2. The number of aliphatic hydroxyl groups excluding tert-OH is 1. The Kier molecular flexibility index (Phi) is 19.2. The van der Waals surface area contributed by atoms with Crippen LogP contribution in [-0.2, 0) is 4.79 Å². The third-order valence-corrected chi connectivity index (χ3v) is 4.65. The number of nitrogens with one attached hydrogen (secondary N) is 1. The molecule has 0 unspecified atom stereocenters. The zero-order chi connectivity index (χ0) is 18.6. The van der Waals surface area contributed by atoms with Crippen LogP contribution in [-0.4, -0.2) is 35.7 Å². The van der Waals surface area contributed by atoms with Crippen LogP contribution in [0.25, 0.3) is 0 Å². The van der Waals surface area contributed by atoms with Gasteiger partial charge in [-0.3, -0.25) is 10.2 Å². The summed E-state index contributed by atoms with van der Waals surface area (Å²) in [6, 6.07) is 0. The molecule has 0 aliphatic carbocycles. The predicted molar refractivity (Wildman–Crippen MR) is 107 cm³/mol. The van der Waals surface area contributed by atoms with Crippen LogP contribution in [0.3, 0.4) is 0 Å². The van der Waals surface area contributed by atoms with Crippen LogP contribution in [0.2, 0.25) is 0 Å². The van der Waals surface area contributed by atoms with E-state index in [-0.39, 0.29) is 12.5 Å². The zero-order valence-corrected chi connectivity index (χ0v) is 17.0. The van der Waals surface area contributed by atoms with Crippen molar-refractivity contribution in [3.63, 3.8) is 0 Å². The van der Waals surface area contributed by atoms with E-state index < -0.39 is 0 Å². The topological polar surface area (TPSA) is 52.6 Å². The number of hydrazine groups is 1. The van der Waals surface area contributed by atoms with E-state index in [2.05, 4.69) is 19.3 Å². The lowest BCUT2D eigenvalue weighted by Crippen LogP contribution is -2.44. The molecule has 4 heteroatoms. The maximum atomic E-state index is 11.9. The van der Waals surface area contributed by atoms with E-state index in [4.69, 9.17) is 5.11 Å². The Morgan fingerprint density at radius 3 is 1.64 bits per heavy atom. The van der Waals surface area contributed by atoms with Crippen molar-refractivity contribution in [3.8, 4) is 0 Å². The highest BCUT2D eigenvalue weighted by Gasteiger charge is 2.07. The normalized spacial score (nSPS) is 11.2. The van der Waals surface area contributed by atoms with Gasteiger partial charge in [0.15, 0.2) is 0 Å². The number of carbonyl (C=O) groups is 1. The minimum absolute atomic E-state index is 0.0824. The highest BCUT2D eigenvalue weighted by molar-refractivity contribution is 5.75. The van der Waals surface area contributed by atoms with Crippen molar-refractivity contribution in [2.45, 2.75) is 110 Å². The number of aliphatic hydroxyl groups is 1. The van der Waals surface area contributed by atoms with Crippen molar-refractivity contribution in [2.24, 2.45) is 0 Å². The smallest absolute Gasteiger partial charge is 0.234 e. The Hall–Kier alpha value is -0.610. The van der Waals surface area contributed by atoms with Crippen LogP contribution in [0, 0.1) is 0 Å². The van der Waals surface area contributed by atoms with Crippen LogP contribution in [0.1, 0.15) is 110 Å². The SMILES string of the molecule is CCCCCCCCCCCCCCCC(=O)NN(CCC)CCO. The van der Waals surface area contributed by atoms with E-state index in [0.29, 0.717) is 13.0 Å². The molecule has 0 atom stereocenters. The number of nitrogens with zero attached hydrogens (tertiary/aromatic N) is 1. The molecule has 0 heterocycles. The molecule has 0 saturated carbocycles. The van der Waals surface area contributed by atoms with E-state index in [1.165, 1.54) is 70.6 Å². The molecule has 0 aromatic carbocycles. The van der Waals surface area contributed by atoms with Gasteiger partial charge in [-0.05, 0) is 12.8 Å². The molecule has 0 spiro atoms. The van der Waals surface area contributed by atoms with Gasteiger partial charge in [0.25, 0.3) is 0 Å². The van der Waals surface area contributed by atoms with Gasteiger partial charge in [0.05, 0.1) is 6.61 Å². The molecule has 2 N–H and O–H groups in total. The summed E-state index contributed by atoms with van der Waals surface area (Å²) in [5, 5.41) is 10.8. The average Bonchev–Trinajstić information content (AvgIpc) is 2.59. The van der Waals surface area contributed by atoms with Gasteiger partial charge < -0.3 is 5.11 Å². The molecule has 0 fully saturated rings. The second-order valence-electron chi connectivity index (χ2n) is 7.24. The molecule has 0 aromatic rings. The fraction of sp³-hybridized carbons (Fsp3) is 0.952. The summed E-state index contributed by atoms with van der Waals surface area (Å²) in [6.45, 7) is 5.73. The van der Waals surface area contributed by atoms with Crippen LogP contribution in [0.4, 0.5) is 0 Å². The van der Waals surface area contributed by atoms with Gasteiger partial charge >= 0.3 is 0 Å². The Labute approximate surface area is 156 Å². The molecule has 0 saturated heterocycles. The number of rotatable bonds is 19. The minimum atomic E-state index is 0.0824. The fourth-order valence-corrected chi connectivity index (χ4v) is 3.15. The zero-order valence-electron chi connectivity index (χ0n) is 17.0.